The molecule has 2 aromatic rings. The predicted octanol–water partition coefficient (Wildman–Crippen LogP) is 1.22. The van der Waals surface area contributed by atoms with Crippen molar-refractivity contribution in [3.05, 3.63) is 41.9 Å². The standard InChI is InChI=1S/C13H18N4O/c1-10(14-7-8-18)12-9-16-17(11(12)2)13-5-3-4-6-15-13/h3-6,9-10,14,18H,7-8H2,1-2H3. The zero-order valence-corrected chi connectivity index (χ0v) is 10.7. The molecule has 0 saturated heterocycles. The van der Waals surface area contributed by atoms with Crippen molar-refractivity contribution in [1.29, 1.82) is 0 Å². The fourth-order valence-electron chi connectivity index (χ4n) is 1.95. The molecule has 96 valence electrons. The molecule has 2 heterocycles. The Labute approximate surface area is 106 Å². The Morgan fingerprint density at radius 1 is 1.44 bits per heavy atom. The lowest BCUT2D eigenvalue weighted by molar-refractivity contribution is 0.286. The molecule has 1 atom stereocenters. The third kappa shape index (κ3) is 2.57. The molecule has 2 rings (SSSR count). The zero-order chi connectivity index (χ0) is 13.0. The Balaban J connectivity index is 2.24. The summed E-state index contributed by atoms with van der Waals surface area (Å²) >= 11 is 0. The van der Waals surface area contributed by atoms with E-state index in [-0.39, 0.29) is 12.6 Å². The maximum atomic E-state index is 8.82. The maximum absolute atomic E-state index is 8.82. The Morgan fingerprint density at radius 3 is 2.94 bits per heavy atom. The molecule has 0 aromatic carbocycles. The van der Waals surface area contributed by atoms with E-state index in [1.54, 1.807) is 6.20 Å². The Kier molecular flexibility index (Phi) is 4.07. The molecule has 0 aliphatic rings. The number of hydrogen-bond donors (Lipinski definition) is 2. The molecular formula is C13H18N4O. The van der Waals surface area contributed by atoms with Crippen molar-refractivity contribution >= 4 is 0 Å². The summed E-state index contributed by atoms with van der Waals surface area (Å²) in [5.41, 5.74) is 2.18. The second-order valence-corrected chi connectivity index (χ2v) is 4.18. The van der Waals surface area contributed by atoms with Gasteiger partial charge in [-0.15, -0.1) is 0 Å². The molecule has 2 N–H and O–H groups in total. The van der Waals surface area contributed by atoms with Crippen molar-refractivity contribution in [2.24, 2.45) is 0 Å². The number of nitrogens with one attached hydrogen (secondary N) is 1. The Hall–Kier alpha value is -1.72. The summed E-state index contributed by atoms with van der Waals surface area (Å²) in [7, 11) is 0. The summed E-state index contributed by atoms with van der Waals surface area (Å²) in [6.45, 7) is 4.80. The van der Waals surface area contributed by atoms with E-state index in [0.29, 0.717) is 6.54 Å². The number of aromatic nitrogens is 3. The van der Waals surface area contributed by atoms with Gasteiger partial charge in [-0.3, -0.25) is 0 Å². The van der Waals surface area contributed by atoms with Crippen LogP contribution in [0.25, 0.3) is 5.82 Å². The number of aliphatic hydroxyl groups excluding tert-OH is 1. The first kappa shape index (κ1) is 12.7. The van der Waals surface area contributed by atoms with E-state index in [4.69, 9.17) is 5.11 Å². The largest absolute Gasteiger partial charge is 0.395 e. The smallest absolute Gasteiger partial charge is 0.153 e. The lowest BCUT2D eigenvalue weighted by Gasteiger charge is -2.12. The van der Waals surface area contributed by atoms with Crippen LogP contribution in [0.15, 0.2) is 30.6 Å². The predicted molar refractivity (Wildman–Crippen MR) is 69.6 cm³/mol. The van der Waals surface area contributed by atoms with Crippen molar-refractivity contribution in [2.75, 3.05) is 13.2 Å². The van der Waals surface area contributed by atoms with Crippen LogP contribution in [0, 0.1) is 6.92 Å². The summed E-state index contributed by atoms with van der Waals surface area (Å²) in [6, 6.07) is 5.91. The molecule has 1 unspecified atom stereocenters. The first-order chi connectivity index (χ1) is 8.74. The van der Waals surface area contributed by atoms with E-state index >= 15 is 0 Å². The van der Waals surface area contributed by atoms with Gasteiger partial charge in [0, 0.05) is 30.0 Å². The van der Waals surface area contributed by atoms with Gasteiger partial charge in [0.25, 0.3) is 0 Å². The van der Waals surface area contributed by atoms with Gasteiger partial charge < -0.3 is 10.4 Å². The van der Waals surface area contributed by atoms with Gasteiger partial charge in [0.05, 0.1) is 12.8 Å². The van der Waals surface area contributed by atoms with Gasteiger partial charge in [0.2, 0.25) is 0 Å². The average Bonchev–Trinajstić information content (AvgIpc) is 2.79. The maximum Gasteiger partial charge on any atom is 0.153 e. The Morgan fingerprint density at radius 2 is 2.28 bits per heavy atom. The minimum absolute atomic E-state index is 0.137. The third-order valence-corrected chi connectivity index (χ3v) is 2.94. The molecule has 18 heavy (non-hydrogen) atoms. The number of nitrogens with zero attached hydrogens (tertiary/aromatic N) is 3. The molecule has 0 bridgehead atoms. The monoisotopic (exact) mass is 246 g/mol. The van der Waals surface area contributed by atoms with Crippen molar-refractivity contribution < 1.29 is 5.11 Å². The molecule has 0 spiro atoms. The number of aliphatic hydroxyl groups is 1. The van der Waals surface area contributed by atoms with E-state index in [1.807, 2.05) is 36.0 Å². The highest BCUT2D eigenvalue weighted by Crippen LogP contribution is 2.18. The van der Waals surface area contributed by atoms with E-state index in [9.17, 15) is 0 Å². The van der Waals surface area contributed by atoms with Crippen LogP contribution in [0.1, 0.15) is 24.2 Å². The minimum Gasteiger partial charge on any atom is -0.395 e. The van der Waals surface area contributed by atoms with Crippen LogP contribution < -0.4 is 5.32 Å². The van der Waals surface area contributed by atoms with Crippen LogP contribution in [0.2, 0.25) is 0 Å². The first-order valence-corrected chi connectivity index (χ1v) is 6.04. The van der Waals surface area contributed by atoms with E-state index in [2.05, 4.69) is 22.3 Å². The molecule has 0 aliphatic heterocycles. The summed E-state index contributed by atoms with van der Waals surface area (Å²) in [4.78, 5) is 4.28. The first-order valence-electron chi connectivity index (χ1n) is 6.04. The van der Waals surface area contributed by atoms with Gasteiger partial charge in [-0.05, 0) is 26.0 Å². The highest BCUT2D eigenvalue weighted by atomic mass is 16.3. The average molecular weight is 246 g/mol. The summed E-state index contributed by atoms with van der Waals surface area (Å²) in [5, 5.41) is 16.4. The van der Waals surface area contributed by atoms with Crippen LogP contribution in [0.5, 0.6) is 0 Å². The summed E-state index contributed by atoms with van der Waals surface area (Å²) in [5.74, 6) is 0.815. The second-order valence-electron chi connectivity index (χ2n) is 4.18. The van der Waals surface area contributed by atoms with Crippen molar-refractivity contribution in [3.8, 4) is 5.82 Å². The lowest BCUT2D eigenvalue weighted by atomic mass is 10.1. The van der Waals surface area contributed by atoms with E-state index < -0.39 is 0 Å². The molecule has 0 fully saturated rings. The van der Waals surface area contributed by atoms with Crippen LogP contribution in [0.3, 0.4) is 0 Å². The quantitative estimate of drug-likeness (QED) is 0.832. The van der Waals surface area contributed by atoms with Gasteiger partial charge in [0.1, 0.15) is 0 Å². The van der Waals surface area contributed by atoms with Gasteiger partial charge in [0.15, 0.2) is 5.82 Å². The van der Waals surface area contributed by atoms with Crippen molar-refractivity contribution in [3.63, 3.8) is 0 Å². The van der Waals surface area contributed by atoms with Crippen molar-refractivity contribution in [1.82, 2.24) is 20.1 Å². The normalized spacial score (nSPS) is 12.6. The van der Waals surface area contributed by atoms with Crippen molar-refractivity contribution in [2.45, 2.75) is 19.9 Å². The molecule has 5 heteroatoms. The number of hydrogen-bond acceptors (Lipinski definition) is 4. The fourth-order valence-corrected chi connectivity index (χ4v) is 1.95. The van der Waals surface area contributed by atoms with Crippen LogP contribution in [-0.2, 0) is 0 Å². The summed E-state index contributed by atoms with van der Waals surface area (Å²) < 4.78 is 1.83. The SMILES string of the molecule is Cc1c(C(C)NCCO)cnn1-c1ccccn1. The molecular weight excluding hydrogens is 228 g/mol. The highest BCUT2D eigenvalue weighted by molar-refractivity contribution is 5.29. The molecule has 2 aromatic heterocycles. The van der Waals surface area contributed by atoms with Crippen LogP contribution in [0.4, 0.5) is 0 Å². The van der Waals surface area contributed by atoms with Gasteiger partial charge in [-0.25, -0.2) is 9.67 Å². The van der Waals surface area contributed by atoms with Gasteiger partial charge in [-0.1, -0.05) is 6.07 Å². The fraction of sp³-hybridized carbons (Fsp3) is 0.385. The van der Waals surface area contributed by atoms with E-state index in [0.717, 1.165) is 17.1 Å². The van der Waals surface area contributed by atoms with Gasteiger partial charge >= 0.3 is 0 Å². The zero-order valence-electron chi connectivity index (χ0n) is 10.7. The Bertz CT molecular complexity index is 495. The van der Waals surface area contributed by atoms with Crippen LogP contribution >= 0.6 is 0 Å². The number of rotatable bonds is 5. The highest BCUT2D eigenvalue weighted by Gasteiger charge is 2.13. The topological polar surface area (TPSA) is 63.0 Å². The molecule has 0 amide bonds. The van der Waals surface area contributed by atoms with Gasteiger partial charge in [-0.2, -0.15) is 5.10 Å². The molecule has 0 saturated carbocycles. The van der Waals surface area contributed by atoms with Crippen LogP contribution in [-0.4, -0.2) is 33.0 Å². The van der Waals surface area contributed by atoms with E-state index in [1.165, 1.54) is 0 Å². The molecule has 0 radical (unpaired) electrons. The molecule has 5 nitrogen and oxygen atoms in total. The second kappa shape index (κ2) is 5.75. The molecule has 0 aliphatic carbocycles. The number of pyridine rings is 1. The lowest BCUT2D eigenvalue weighted by Crippen LogP contribution is -2.22. The summed E-state index contributed by atoms with van der Waals surface area (Å²) in [6.07, 6.45) is 3.60. The third-order valence-electron chi connectivity index (χ3n) is 2.94. The minimum atomic E-state index is 0.137.